The standard InChI is InChI=1S/C15H21BrClN/c1-2-8-18-15(9-11-4-3-5-11)13-10-12(16)6-7-14(13)17/h6-7,10-11,15,18H,2-5,8-9H2,1H3. The molecule has 1 nitrogen and oxygen atoms in total. The third-order valence-electron chi connectivity index (χ3n) is 3.77. The molecule has 3 heteroatoms. The maximum absolute atomic E-state index is 6.35. The van der Waals surface area contributed by atoms with Crippen LogP contribution in [-0.4, -0.2) is 6.54 Å². The van der Waals surface area contributed by atoms with Crippen LogP contribution < -0.4 is 5.32 Å². The van der Waals surface area contributed by atoms with E-state index < -0.39 is 0 Å². The molecule has 0 aromatic heterocycles. The summed E-state index contributed by atoms with van der Waals surface area (Å²) in [4.78, 5) is 0. The Kier molecular flexibility index (Phi) is 5.53. The Labute approximate surface area is 123 Å². The lowest BCUT2D eigenvalue weighted by Gasteiger charge is -2.31. The first-order valence-electron chi connectivity index (χ1n) is 6.89. The molecule has 0 bridgehead atoms. The highest BCUT2D eigenvalue weighted by atomic mass is 79.9. The van der Waals surface area contributed by atoms with Crippen molar-refractivity contribution in [1.29, 1.82) is 0 Å². The summed E-state index contributed by atoms with van der Waals surface area (Å²) in [7, 11) is 0. The minimum Gasteiger partial charge on any atom is -0.310 e. The Morgan fingerprint density at radius 1 is 1.44 bits per heavy atom. The molecule has 1 aliphatic rings. The quantitative estimate of drug-likeness (QED) is 0.743. The van der Waals surface area contributed by atoms with E-state index in [1.165, 1.54) is 31.2 Å². The molecule has 1 aromatic rings. The highest BCUT2D eigenvalue weighted by Crippen LogP contribution is 2.37. The molecule has 100 valence electrons. The van der Waals surface area contributed by atoms with Gasteiger partial charge in [-0.05, 0) is 49.1 Å². The molecular weight excluding hydrogens is 310 g/mol. The van der Waals surface area contributed by atoms with E-state index in [0.717, 1.165) is 28.4 Å². The number of hydrogen-bond donors (Lipinski definition) is 1. The van der Waals surface area contributed by atoms with E-state index >= 15 is 0 Å². The molecule has 0 radical (unpaired) electrons. The highest BCUT2D eigenvalue weighted by Gasteiger charge is 2.24. The van der Waals surface area contributed by atoms with Crippen LogP contribution in [0.5, 0.6) is 0 Å². The van der Waals surface area contributed by atoms with Gasteiger partial charge in [0.15, 0.2) is 0 Å². The summed E-state index contributed by atoms with van der Waals surface area (Å²) in [5.41, 5.74) is 1.24. The van der Waals surface area contributed by atoms with Crippen molar-refractivity contribution in [1.82, 2.24) is 5.32 Å². The second kappa shape index (κ2) is 6.93. The maximum atomic E-state index is 6.35. The summed E-state index contributed by atoms with van der Waals surface area (Å²) in [5, 5.41) is 4.53. The van der Waals surface area contributed by atoms with Crippen molar-refractivity contribution in [3.05, 3.63) is 33.3 Å². The third kappa shape index (κ3) is 3.72. The molecule has 1 aromatic carbocycles. The minimum absolute atomic E-state index is 0.403. The molecule has 0 heterocycles. The van der Waals surface area contributed by atoms with E-state index in [9.17, 15) is 0 Å². The number of rotatable bonds is 6. The Balaban J connectivity index is 2.11. The fourth-order valence-corrected chi connectivity index (χ4v) is 3.11. The van der Waals surface area contributed by atoms with Gasteiger partial charge in [0.05, 0.1) is 0 Å². The summed E-state index contributed by atoms with van der Waals surface area (Å²) in [6, 6.07) is 6.56. The monoisotopic (exact) mass is 329 g/mol. The fraction of sp³-hybridized carbons (Fsp3) is 0.600. The van der Waals surface area contributed by atoms with Crippen LogP contribution in [0.3, 0.4) is 0 Å². The van der Waals surface area contributed by atoms with Gasteiger partial charge in [0.2, 0.25) is 0 Å². The van der Waals surface area contributed by atoms with Gasteiger partial charge in [-0.2, -0.15) is 0 Å². The van der Waals surface area contributed by atoms with Gasteiger partial charge in [0.1, 0.15) is 0 Å². The van der Waals surface area contributed by atoms with Crippen molar-refractivity contribution in [3.8, 4) is 0 Å². The average Bonchev–Trinajstić information content (AvgIpc) is 2.31. The van der Waals surface area contributed by atoms with Gasteiger partial charge >= 0.3 is 0 Å². The molecule has 0 saturated heterocycles. The van der Waals surface area contributed by atoms with Crippen molar-refractivity contribution < 1.29 is 0 Å². The SMILES string of the molecule is CCCNC(CC1CCC1)c1cc(Br)ccc1Cl. The van der Waals surface area contributed by atoms with Gasteiger partial charge in [0.25, 0.3) is 0 Å². The minimum atomic E-state index is 0.403. The van der Waals surface area contributed by atoms with Gasteiger partial charge in [-0.25, -0.2) is 0 Å². The molecule has 0 amide bonds. The van der Waals surface area contributed by atoms with Crippen molar-refractivity contribution in [2.75, 3.05) is 6.54 Å². The van der Waals surface area contributed by atoms with Crippen LogP contribution in [0.4, 0.5) is 0 Å². The van der Waals surface area contributed by atoms with E-state index in [0.29, 0.717) is 6.04 Å². The van der Waals surface area contributed by atoms with E-state index in [2.05, 4.69) is 34.2 Å². The zero-order valence-corrected chi connectivity index (χ0v) is 13.2. The van der Waals surface area contributed by atoms with Gasteiger partial charge < -0.3 is 5.32 Å². The van der Waals surface area contributed by atoms with Gasteiger partial charge in [-0.3, -0.25) is 0 Å². The topological polar surface area (TPSA) is 12.0 Å². The zero-order valence-electron chi connectivity index (χ0n) is 10.9. The molecule has 1 unspecified atom stereocenters. The van der Waals surface area contributed by atoms with Crippen molar-refractivity contribution >= 4 is 27.5 Å². The predicted molar refractivity (Wildman–Crippen MR) is 82.1 cm³/mol. The molecule has 1 aliphatic carbocycles. The van der Waals surface area contributed by atoms with E-state index in [-0.39, 0.29) is 0 Å². The summed E-state index contributed by atoms with van der Waals surface area (Å²) in [5.74, 6) is 0.884. The van der Waals surface area contributed by atoms with Gasteiger partial charge in [0, 0.05) is 15.5 Å². The van der Waals surface area contributed by atoms with Crippen LogP contribution in [0.1, 0.15) is 50.6 Å². The first-order valence-corrected chi connectivity index (χ1v) is 8.06. The van der Waals surface area contributed by atoms with Crippen LogP contribution in [-0.2, 0) is 0 Å². The molecule has 1 fully saturated rings. The second-order valence-electron chi connectivity index (χ2n) is 5.21. The number of hydrogen-bond acceptors (Lipinski definition) is 1. The largest absolute Gasteiger partial charge is 0.310 e. The normalized spacial score (nSPS) is 17.5. The maximum Gasteiger partial charge on any atom is 0.0454 e. The Hall–Kier alpha value is -0.0500. The number of halogens is 2. The number of nitrogens with one attached hydrogen (secondary N) is 1. The summed E-state index contributed by atoms with van der Waals surface area (Å²) in [6.45, 7) is 3.26. The fourth-order valence-electron chi connectivity index (χ4n) is 2.48. The smallest absolute Gasteiger partial charge is 0.0454 e. The molecule has 0 aliphatic heterocycles. The lowest BCUT2D eigenvalue weighted by Crippen LogP contribution is -2.27. The Bertz CT molecular complexity index is 390. The van der Waals surface area contributed by atoms with Crippen LogP contribution in [0.15, 0.2) is 22.7 Å². The first kappa shape index (κ1) is 14.4. The summed E-state index contributed by atoms with van der Waals surface area (Å²) < 4.78 is 1.11. The van der Waals surface area contributed by atoms with Crippen molar-refractivity contribution in [2.24, 2.45) is 5.92 Å². The summed E-state index contributed by atoms with van der Waals surface area (Å²) in [6.07, 6.45) is 6.55. The molecule has 1 saturated carbocycles. The van der Waals surface area contributed by atoms with Crippen LogP contribution in [0, 0.1) is 5.92 Å². The molecule has 1 atom stereocenters. The van der Waals surface area contributed by atoms with Crippen molar-refractivity contribution in [3.63, 3.8) is 0 Å². The highest BCUT2D eigenvalue weighted by molar-refractivity contribution is 9.10. The van der Waals surface area contributed by atoms with Crippen LogP contribution in [0.2, 0.25) is 5.02 Å². The first-order chi connectivity index (χ1) is 8.70. The van der Waals surface area contributed by atoms with Gasteiger partial charge in [-0.15, -0.1) is 0 Å². The molecule has 18 heavy (non-hydrogen) atoms. The lowest BCUT2D eigenvalue weighted by atomic mass is 9.79. The molecule has 1 N–H and O–H groups in total. The van der Waals surface area contributed by atoms with E-state index in [1.807, 2.05) is 12.1 Å². The van der Waals surface area contributed by atoms with E-state index in [4.69, 9.17) is 11.6 Å². The predicted octanol–water partition coefficient (Wildman–Crippen LogP) is 5.33. The summed E-state index contributed by atoms with van der Waals surface area (Å²) >= 11 is 9.90. The van der Waals surface area contributed by atoms with Gasteiger partial charge in [-0.1, -0.05) is 53.7 Å². The molecular formula is C15H21BrClN. The Morgan fingerprint density at radius 3 is 2.83 bits per heavy atom. The lowest BCUT2D eigenvalue weighted by molar-refractivity contribution is 0.261. The average molecular weight is 331 g/mol. The molecule has 2 rings (SSSR count). The zero-order chi connectivity index (χ0) is 13.0. The van der Waals surface area contributed by atoms with E-state index in [1.54, 1.807) is 0 Å². The van der Waals surface area contributed by atoms with Crippen LogP contribution in [0.25, 0.3) is 0 Å². The third-order valence-corrected chi connectivity index (χ3v) is 4.61. The Morgan fingerprint density at radius 2 is 2.22 bits per heavy atom. The second-order valence-corrected chi connectivity index (χ2v) is 6.53. The molecule has 0 spiro atoms. The number of benzene rings is 1. The van der Waals surface area contributed by atoms with Crippen molar-refractivity contribution in [2.45, 2.75) is 45.1 Å². The van der Waals surface area contributed by atoms with Crippen LogP contribution >= 0.6 is 27.5 Å².